The van der Waals surface area contributed by atoms with E-state index >= 15 is 0 Å². The van der Waals surface area contributed by atoms with Gasteiger partial charge in [-0.25, -0.2) is 4.98 Å². The van der Waals surface area contributed by atoms with Gasteiger partial charge in [0.15, 0.2) is 5.69 Å². The summed E-state index contributed by atoms with van der Waals surface area (Å²) in [5, 5.41) is 3.76. The van der Waals surface area contributed by atoms with Gasteiger partial charge in [0.05, 0.1) is 0 Å². The van der Waals surface area contributed by atoms with E-state index in [0.29, 0.717) is 18.2 Å². The lowest BCUT2D eigenvalue weighted by atomic mass is 9.96. The third kappa shape index (κ3) is 2.65. The monoisotopic (exact) mass is 300 g/mol. The summed E-state index contributed by atoms with van der Waals surface area (Å²) < 4.78 is 7.07. The summed E-state index contributed by atoms with van der Waals surface area (Å²) in [4.78, 5) is 18.9. The number of carbonyl (C=O) groups excluding carboxylic acids is 1. The van der Waals surface area contributed by atoms with Gasteiger partial charge in [-0.2, -0.15) is 0 Å². The highest BCUT2D eigenvalue weighted by Crippen LogP contribution is 2.33. The molecule has 1 atom stereocenters. The lowest BCUT2D eigenvalue weighted by molar-refractivity contribution is 0.0692. The third-order valence-electron chi connectivity index (χ3n) is 4.63. The summed E-state index contributed by atoms with van der Waals surface area (Å²) in [6.45, 7) is 2.57. The van der Waals surface area contributed by atoms with Crippen LogP contribution in [0.3, 0.4) is 0 Å². The molecule has 4 rings (SSSR count). The Morgan fingerprint density at radius 1 is 1.36 bits per heavy atom. The Morgan fingerprint density at radius 3 is 3.05 bits per heavy atom. The SMILES string of the molecule is O=C(c1ccon1)N1CCC[C@H](c2nccn2CC2CC2)C1. The van der Waals surface area contributed by atoms with E-state index in [1.807, 2.05) is 11.1 Å². The molecule has 6 nitrogen and oxygen atoms in total. The Balaban J connectivity index is 1.48. The van der Waals surface area contributed by atoms with Crippen molar-refractivity contribution >= 4 is 5.91 Å². The van der Waals surface area contributed by atoms with Crippen molar-refractivity contribution in [2.45, 2.75) is 38.1 Å². The second-order valence-corrected chi connectivity index (χ2v) is 6.36. The van der Waals surface area contributed by atoms with Gasteiger partial charge in [-0.3, -0.25) is 4.79 Å². The fourth-order valence-electron chi connectivity index (χ4n) is 3.27. The third-order valence-corrected chi connectivity index (χ3v) is 4.63. The maximum atomic E-state index is 12.4. The molecule has 2 fully saturated rings. The summed E-state index contributed by atoms with van der Waals surface area (Å²) in [6.07, 6.45) is 10.2. The number of hydrogen-bond acceptors (Lipinski definition) is 4. The van der Waals surface area contributed by atoms with Crippen molar-refractivity contribution in [2.24, 2.45) is 5.92 Å². The molecule has 3 heterocycles. The molecule has 0 unspecified atom stereocenters. The van der Waals surface area contributed by atoms with Crippen LogP contribution in [-0.4, -0.2) is 38.6 Å². The maximum absolute atomic E-state index is 12.4. The molecule has 1 amide bonds. The highest BCUT2D eigenvalue weighted by molar-refractivity contribution is 5.92. The molecule has 116 valence electrons. The molecular formula is C16H20N4O2. The van der Waals surface area contributed by atoms with E-state index in [9.17, 15) is 4.79 Å². The highest BCUT2D eigenvalue weighted by atomic mass is 16.5. The molecule has 0 N–H and O–H groups in total. The molecule has 0 bridgehead atoms. The van der Waals surface area contributed by atoms with Crippen molar-refractivity contribution in [3.8, 4) is 0 Å². The molecule has 1 saturated heterocycles. The fourth-order valence-corrected chi connectivity index (χ4v) is 3.27. The van der Waals surface area contributed by atoms with Gasteiger partial charge in [-0.15, -0.1) is 0 Å². The molecule has 0 spiro atoms. The second kappa shape index (κ2) is 5.59. The second-order valence-electron chi connectivity index (χ2n) is 6.36. The maximum Gasteiger partial charge on any atom is 0.276 e. The van der Waals surface area contributed by atoms with E-state index in [1.54, 1.807) is 6.07 Å². The van der Waals surface area contributed by atoms with Gasteiger partial charge in [-0.1, -0.05) is 5.16 Å². The van der Waals surface area contributed by atoms with Crippen molar-refractivity contribution in [1.82, 2.24) is 19.6 Å². The standard InChI is InChI=1S/C16H20N4O2/c21-16(14-5-9-22-18-14)20-7-1-2-13(11-20)15-17-6-8-19(15)10-12-3-4-12/h5-6,8-9,12-13H,1-4,7,10-11H2/t13-/m0/s1. The first-order chi connectivity index (χ1) is 10.8. The van der Waals surface area contributed by atoms with Crippen LogP contribution in [-0.2, 0) is 6.54 Å². The predicted octanol–water partition coefficient (Wildman–Crippen LogP) is 2.30. The zero-order valence-corrected chi connectivity index (χ0v) is 12.5. The molecule has 1 aliphatic carbocycles. The van der Waals surface area contributed by atoms with Crippen molar-refractivity contribution in [3.63, 3.8) is 0 Å². The van der Waals surface area contributed by atoms with Crippen LogP contribution in [0.15, 0.2) is 29.2 Å². The normalized spacial score (nSPS) is 22.0. The van der Waals surface area contributed by atoms with Crippen molar-refractivity contribution in [3.05, 3.63) is 36.2 Å². The molecule has 1 aliphatic heterocycles. The van der Waals surface area contributed by atoms with Crippen molar-refractivity contribution < 1.29 is 9.32 Å². The molecule has 2 aliphatic rings. The van der Waals surface area contributed by atoms with Crippen LogP contribution in [0.25, 0.3) is 0 Å². The minimum atomic E-state index is -0.0428. The van der Waals surface area contributed by atoms with Crippen molar-refractivity contribution in [2.75, 3.05) is 13.1 Å². The Hall–Kier alpha value is -2.11. The number of likely N-dealkylation sites (tertiary alicyclic amines) is 1. The molecule has 22 heavy (non-hydrogen) atoms. The van der Waals surface area contributed by atoms with Gasteiger partial charge in [0, 0.05) is 44.0 Å². The molecule has 0 aromatic carbocycles. The number of imidazole rings is 1. The summed E-state index contributed by atoms with van der Waals surface area (Å²) >= 11 is 0. The van der Waals surface area contributed by atoms with E-state index in [4.69, 9.17) is 4.52 Å². The topological polar surface area (TPSA) is 64.2 Å². The number of hydrogen-bond donors (Lipinski definition) is 0. The van der Waals surface area contributed by atoms with E-state index in [2.05, 4.69) is 20.9 Å². The van der Waals surface area contributed by atoms with Gasteiger partial charge < -0.3 is 14.0 Å². The number of carbonyl (C=O) groups is 1. The molecular weight excluding hydrogens is 280 g/mol. The predicted molar refractivity (Wildman–Crippen MR) is 79.3 cm³/mol. The first kappa shape index (κ1) is 13.5. The first-order valence-corrected chi connectivity index (χ1v) is 8.02. The lowest BCUT2D eigenvalue weighted by Crippen LogP contribution is -2.40. The molecule has 6 heteroatoms. The highest BCUT2D eigenvalue weighted by Gasteiger charge is 2.30. The van der Waals surface area contributed by atoms with Crippen LogP contribution >= 0.6 is 0 Å². The smallest absolute Gasteiger partial charge is 0.276 e. The minimum Gasteiger partial charge on any atom is -0.364 e. The zero-order valence-electron chi connectivity index (χ0n) is 12.5. The van der Waals surface area contributed by atoms with E-state index in [1.165, 1.54) is 19.1 Å². The van der Waals surface area contributed by atoms with Crippen LogP contribution in [0, 0.1) is 5.92 Å². The van der Waals surface area contributed by atoms with E-state index < -0.39 is 0 Å². The van der Waals surface area contributed by atoms with Crippen LogP contribution < -0.4 is 0 Å². The molecule has 0 radical (unpaired) electrons. The number of piperidine rings is 1. The van der Waals surface area contributed by atoms with Gasteiger partial charge in [0.25, 0.3) is 5.91 Å². The molecule has 2 aromatic heterocycles. The number of rotatable bonds is 4. The largest absolute Gasteiger partial charge is 0.364 e. The average molecular weight is 300 g/mol. The number of amides is 1. The summed E-state index contributed by atoms with van der Waals surface area (Å²) in [6, 6.07) is 1.62. The zero-order chi connectivity index (χ0) is 14.9. The Kier molecular flexibility index (Phi) is 3.44. The van der Waals surface area contributed by atoms with Crippen molar-refractivity contribution in [1.29, 1.82) is 0 Å². The Bertz CT molecular complexity index is 645. The Labute approximate surface area is 129 Å². The summed E-state index contributed by atoms with van der Waals surface area (Å²) in [7, 11) is 0. The minimum absolute atomic E-state index is 0.0428. The summed E-state index contributed by atoms with van der Waals surface area (Å²) in [5.74, 6) is 2.23. The quantitative estimate of drug-likeness (QED) is 0.869. The fraction of sp³-hybridized carbons (Fsp3) is 0.562. The van der Waals surface area contributed by atoms with E-state index in [-0.39, 0.29) is 5.91 Å². The van der Waals surface area contributed by atoms with Crippen LogP contribution in [0.4, 0.5) is 0 Å². The van der Waals surface area contributed by atoms with Gasteiger partial charge in [0.2, 0.25) is 0 Å². The molecule has 1 saturated carbocycles. The van der Waals surface area contributed by atoms with Crippen LogP contribution in [0.5, 0.6) is 0 Å². The van der Waals surface area contributed by atoms with Gasteiger partial charge in [-0.05, 0) is 31.6 Å². The lowest BCUT2D eigenvalue weighted by Gasteiger charge is -2.32. The number of aromatic nitrogens is 3. The number of nitrogens with zero attached hydrogens (tertiary/aromatic N) is 4. The van der Waals surface area contributed by atoms with E-state index in [0.717, 1.165) is 37.7 Å². The Morgan fingerprint density at radius 2 is 2.27 bits per heavy atom. The average Bonchev–Trinajstić information content (AvgIpc) is 3.04. The van der Waals surface area contributed by atoms with Crippen LogP contribution in [0.2, 0.25) is 0 Å². The first-order valence-electron chi connectivity index (χ1n) is 8.02. The summed E-state index contributed by atoms with van der Waals surface area (Å²) in [5.41, 5.74) is 0.391. The molecule has 2 aromatic rings. The van der Waals surface area contributed by atoms with Gasteiger partial charge >= 0.3 is 0 Å². The van der Waals surface area contributed by atoms with Crippen LogP contribution in [0.1, 0.15) is 47.9 Å². The van der Waals surface area contributed by atoms with Gasteiger partial charge in [0.1, 0.15) is 12.1 Å².